The number of aromatic nitrogens is 3. The van der Waals surface area contributed by atoms with Crippen LogP contribution in [0.3, 0.4) is 0 Å². The van der Waals surface area contributed by atoms with Gasteiger partial charge in [-0.25, -0.2) is 13.4 Å². The van der Waals surface area contributed by atoms with Gasteiger partial charge in [-0.15, -0.1) is 0 Å². The minimum atomic E-state index is -3.21. The first-order chi connectivity index (χ1) is 13.0. The molecule has 3 aromatic rings. The topological polar surface area (TPSA) is 74.1 Å². The third-order valence-electron chi connectivity index (χ3n) is 4.98. The Morgan fingerprint density at radius 2 is 1.81 bits per heavy atom. The van der Waals surface area contributed by atoms with Crippen LogP contribution in [-0.4, -0.2) is 42.4 Å². The van der Waals surface area contributed by atoms with E-state index in [0.717, 1.165) is 17.8 Å². The van der Waals surface area contributed by atoms with E-state index in [1.807, 2.05) is 42.9 Å². The van der Waals surface area contributed by atoms with Gasteiger partial charge in [-0.05, 0) is 48.4 Å². The minimum Gasteiger partial charge on any atom is -0.379 e. The standard InChI is InChI=1S/C20H21N3O3S/c1-27(24,25)18-4-2-16(3-5-18)20-22-10-11-23(20)19-14-26-13-17(19)12-15-6-8-21-9-7-15/h2-11,17,19H,12-14H2,1H3/t17-,19+/m0/s1. The van der Waals surface area contributed by atoms with E-state index < -0.39 is 9.84 Å². The first-order valence-electron chi connectivity index (χ1n) is 8.82. The first kappa shape index (κ1) is 17.9. The van der Waals surface area contributed by atoms with Crippen molar-refractivity contribution in [2.45, 2.75) is 17.4 Å². The summed E-state index contributed by atoms with van der Waals surface area (Å²) in [7, 11) is -3.21. The second-order valence-corrected chi connectivity index (χ2v) is 8.89. The van der Waals surface area contributed by atoms with Crippen molar-refractivity contribution in [1.82, 2.24) is 14.5 Å². The Labute approximate surface area is 158 Å². The normalized spacial score (nSPS) is 20.0. The number of pyridine rings is 1. The monoisotopic (exact) mass is 383 g/mol. The van der Waals surface area contributed by atoms with Gasteiger partial charge >= 0.3 is 0 Å². The van der Waals surface area contributed by atoms with Gasteiger partial charge in [0, 0.05) is 42.5 Å². The number of sulfone groups is 1. The highest BCUT2D eigenvalue weighted by Crippen LogP contribution is 2.32. The van der Waals surface area contributed by atoms with Crippen LogP contribution in [0.4, 0.5) is 0 Å². The van der Waals surface area contributed by atoms with Gasteiger partial charge in [-0.3, -0.25) is 4.98 Å². The maximum Gasteiger partial charge on any atom is 0.175 e. The van der Waals surface area contributed by atoms with Gasteiger partial charge in [0.15, 0.2) is 9.84 Å². The van der Waals surface area contributed by atoms with Crippen molar-refractivity contribution in [3.63, 3.8) is 0 Å². The second-order valence-electron chi connectivity index (χ2n) is 6.88. The molecule has 6 nitrogen and oxygen atoms in total. The zero-order chi connectivity index (χ0) is 18.9. The Kier molecular flexibility index (Phi) is 4.80. The second kappa shape index (κ2) is 7.25. The molecular formula is C20H21N3O3S. The third kappa shape index (κ3) is 3.79. The number of nitrogens with zero attached hydrogens (tertiary/aromatic N) is 3. The fourth-order valence-corrected chi connectivity index (χ4v) is 4.20. The summed E-state index contributed by atoms with van der Waals surface area (Å²) in [6, 6.07) is 11.1. The Bertz CT molecular complexity index is 1010. The number of rotatable bonds is 5. The van der Waals surface area contributed by atoms with Crippen molar-refractivity contribution < 1.29 is 13.2 Å². The Hall–Kier alpha value is -2.51. The van der Waals surface area contributed by atoms with Gasteiger partial charge in [0.25, 0.3) is 0 Å². The van der Waals surface area contributed by atoms with Crippen molar-refractivity contribution in [2.75, 3.05) is 19.5 Å². The summed E-state index contributed by atoms with van der Waals surface area (Å²) in [4.78, 5) is 8.90. The highest BCUT2D eigenvalue weighted by molar-refractivity contribution is 7.90. The molecule has 0 radical (unpaired) electrons. The molecule has 0 aliphatic carbocycles. The molecule has 0 bridgehead atoms. The maximum atomic E-state index is 11.7. The van der Waals surface area contributed by atoms with E-state index in [0.29, 0.717) is 24.0 Å². The predicted molar refractivity (Wildman–Crippen MR) is 102 cm³/mol. The predicted octanol–water partition coefficient (Wildman–Crippen LogP) is 2.78. The number of benzene rings is 1. The molecule has 3 heterocycles. The van der Waals surface area contributed by atoms with Crippen molar-refractivity contribution in [3.05, 3.63) is 66.7 Å². The Morgan fingerprint density at radius 3 is 2.52 bits per heavy atom. The lowest BCUT2D eigenvalue weighted by atomic mass is 9.95. The number of hydrogen-bond acceptors (Lipinski definition) is 5. The maximum absolute atomic E-state index is 11.7. The molecule has 140 valence electrons. The van der Waals surface area contributed by atoms with Crippen LogP contribution in [0.1, 0.15) is 11.6 Å². The molecule has 7 heteroatoms. The van der Waals surface area contributed by atoms with Crippen LogP contribution in [0.2, 0.25) is 0 Å². The zero-order valence-corrected chi connectivity index (χ0v) is 15.8. The van der Waals surface area contributed by atoms with E-state index >= 15 is 0 Å². The summed E-state index contributed by atoms with van der Waals surface area (Å²) < 4.78 is 31.3. The average Bonchev–Trinajstić information content (AvgIpc) is 3.31. The van der Waals surface area contributed by atoms with E-state index in [-0.39, 0.29) is 6.04 Å². The largest absolute Gasteiger partial charge is 0.379 e. The van der Waals surface area contributed by atoms with Crippen LogP contribution in [0, 0.1) is 5.92 Å². The summed E-state index contributed by atoms with van der Waals surface area (Å²) in [5, 5.41) is 0. The van der Waals surface area contributed by atoms with E-state index in [2.05, 4.69) is 14.5 Å². The molecule has 0 spiro atoms. The van der Waals surface area contributed by atoms with Gasteiger partial charge in [-0.1, -0.05) is 0 Å². The highest BCUT2D eigenvalue weighted by atomic mass is 32.2. The molecule has 0 saturated carbocycles. The molecule has 2 aromatic heterocycles. The molecule has 0 unspecified atom stereocenters. The van der Waals surface area contributed by atoms with Gasteiger partial charge < -0.3 is 9.30 Å². The third-order valence-corrected chi connectivity index (χ3v) is 6.11. The first-order valence-corrected chi connectivity index (χ1v) is 10.7. The van der Waals surface area contributed by atoms with E-state index in [1.54, 1.807) is 18.3 Å². The molecule has 1 aliphatic heterocycles. The van der Waals surface area contributed by atoms with Crippen LogP contribution >= 0.6 is 0 Å². The lowest BCUT2D eigenvalue weighted by Crippen LogP contribution is -2.20. The number of hydrogen-bond donors (Lipinski definition) is 0. The molecule has 0 N–H and O–H groups in total. The van der Waals surface area contributed by atoms with E-state index in [4.69, 9.17) is 4.74 Å². The Morgan fingerprint density at radius 1 is 1.07 bits per heavy atom. The highest BCUT2D eigenvalue weighted by Gasteiger charge is 2.31. The van der Waals surface area contributed by atoms with Crippen molar-refractivity contribution >= 4 is 9.84 Å². The van der Waals surface area contributed by atoms with Crippen LogP contribution in [-0.2, 0) is 21.0 Å². The van der Waals surface area contributed by atoms with Gasteiger partial charge in [-0.2, -0.15) is 0 Å². The van der Waals surface area contributed by atoms with Gasteiger partial charge in [0.1, 0.15) is 5.82 Å². The summed E-state index contributed by atoms with van der Waals surface area (Å²) in [5.74, 6) is 1.17. The van der Waals surface area contributed by atoms with Crippen LogP contribution in [0.5, 0.6) is 0 Å². The SMILES string of the molecule is CS(=O)(=O)c1ccc(-c2nccn2[C@@H]2COC[C@@H]2Cc2ccncc2)cc1. The zero-order valence-electron chi connectivity index (χ0n) is 15.0. The number of imidazole rings is 1. The van der Waals surface area contributed by atoms with Gasteiger partial charge in [0.05, 0.1) is 24.2 Å². The molecule has 1 saturated heterocycles. The van der Waals surface area contributed by atoms with Crippen LogP contribution < -0.4 is 0 Å². The lowest BCUT2D eigenvalue weighted by molar-refractivity contribution is 0.181. The van der Waals surface area contributed by atoms with Gasteiger partial charge in [0.2, 0.25) is 0 Å². The fraction of sp³-hybridized carbons (Fsp3) is 0.300. The molecule has 2 atom stereocenters. The molecular weight excluding hydrogens is 362 g/mol. The average molecular weight is 383 g/mol. The smallest absolute Gasteiger partial charge is 0.175 e. The fourth-order valence-electron chi connectivity index (χ4n) is 3.57. The molecule has 27 heavy (non-hydrogen) atoms. The van der Waals surface area contributed by atoms with Crippen LogP contribution in [0.25, 0.3) is 11.4 Å². The van der Waals surface area contributed by atoms with E-state index in [9.17, 15) is 8.42 Å². The van der Waals surface area contributed by atoms with Crippen LogP contribution in [0.15, 0.2) is 66.1 Å². The molecule has 1 aliphatic rings. The summed E-state index contributed by atoms with van der Waals surface area (Å²) >= 11 is 0. The van der Waals surface area contributed by atoms with Crippen molar-refractivity contribution in [3.8, 4) is 11.4 Å². The molecule has 1 fully saturated rings. The molecule has 1 aromatic carbocycles. The summed E-state index contributed by atoms with van der Waals surface area (Å²) in [6.07, 6.45) is 9.50. The molecule has 0 amide bonds. The number of ether oxygens (including phenoxy) is 1. The Balaban J connectivity index is 1.61. The summed E-state index contributed by atoms with van der Waals surface area (Å²) in [6.45, 7) is 1.35. The van der Waals surface area contributed by atoms with Crippen molar-refractivity contribution in [2.24, 2.45) is 5.92 Å². The quantitative estimate of drug-likeness (QED) is 0.677. The molecule has 4 rings (SSSR count). The van der Waals surface area contributed by atoms with E-state index in [1.165, 1.54) is 11.8 Å². The minimum absolute atomic E-state index is 0.185. The lowest BCUT2D eigenvalue weighted by Gasteiger charge is -2.21. The summed E-state index contributed by atoms with van der Waals surface area (Å²) in [5.41, 5.74) is 2.13. The van der Waals surface area contributed by atoms with Crippen molar-refractivity contribution in [1.29, 1.82) is 0 Å².